The van der Waals surface area contributed by atoms with Crippen LogP contribution >= 0.6 is 0 Å². The molecule has 0 saturated heterocycles. The van der Waals surface area contributed by atoms with Gasteiger partial charge in [-0.15, -0.1) is 0 Å². The molecular formula is C18H25NO3. The molecule has 1 amide bonds. The summed E-state index contributed by atoms with van der Waals surface area (Å²) in [4.78, 5) is 12.6. The number of carbonyl (C=O) groups is 1. The predicted molar refractivity (Wildman–Crippen MR) is 85.2 cm³/mol. The molecule has 1 aliphatic carbocycles. The Balaban J connectivity index is 1.62. The fraction of sp³-hybridized carbons (Fsp3) is 0.611. The summed E-state index contributed by atoms with van der Waals surface area (Å²) in [5.74, 6) is 1.32. The molecule has 1 aromatic carbocycles. The highest BCUT2D eigenvalue weighted by Crippen LogP contribution is 2.33. The van der Waals surface area contributed by atoms with Crippen molar-refractivity contribution in [3.8, 4) is 11.5 Å². The van der Waals surface area contributed by atoms with Crippen LogP contribution in [0.1, 0.15) is 51.9 Å². The first-order chi connectivity index (χ1) is 10.7. The van der Waals surface area contributed by atoms with Gasteiger partial charge in [0.05, 0.1) is 0 Å². The highest BCUT2D eigenvalue weighted by molar-refractivity contribution is 5.82. The molecule has 0 radical (unpaired) electrons. The number of hydrogen-bond acceptors (Lipinski definition) is 3. The lowest BCUT2D eigenvalue weighted by atomic mass is 9.96. The summed E-state index contributed by atoms with van der Waals surface area (Å²) in [6.07, 6.45) is 7.58. The van der Waals surface area contributed by atoms with Crippen LogP contribution in [0, 0.1) is 0 Å². The van der Waals surface area contributed by atoms with Gasteiger partial charge in [0.2, 0.25) is 6.10 Å². The number of benzene rings is 1. The zero-order valence-electron chi connectivity index (χ0n) is 13.2. The molecule has 1 fully saturated rings. The minimum Gasteiger partial charge on any atom is -0.482 e. The van der Waals surface area contributed by atoms with E-state index in [9.17, 15) is 4.79 Å². The molecule has 2 unspecified atom stereocenters. The van der Waals surface area contributed by atoms with E-state index < -0.39 is 6.10 Å². The maximum Gasteiger partial charge on any atom is 0.265 e. The summed E-state index contributed by atoms with van der Waals surface area (Å²) in [7, 11) is 0. The zero-order chi connectivity index (χ0) is 15.4. The van der Waals surface area contributed by atoms with Crippen LogP contribution in [0.4, 0.5) is 0 Å². The Bertz CT molecular complexity index is 509. The topological polar surface area (TPSA) is 47.6 Å². The van der Waals surface area contributed by atoms with Crippen LogP contribution in [0.15, 0.2) is 24.3 Å². The highest BCUT2D eigenvalue weighted by Gasteiger charge is 2.34. The van der Waals surface area contributed by atoms with Crippen molar-refractivity contribution in [1.29, 1.82) is 0 Å². The van der Waals surface area contributed by atoms with E-state index in [2.05, 4.69) is 5.32 Å². The maximum atomic E-state index is 12.6. The van der Waals surface area contributed by atoms with Crippen LogP contribution in [0.2, 0.25) is 0 Å². The van der Waals surface area contributed by atoms with Gasteiger partial charge in [-0.1, -0.05) is 44.2 Å². The summed E-state index contributed by atoms with van der Waals surface area (Å²) in [6.45, 7) is 1.89. The van der Waals surface area contributed by atoms with Crippen molar-refractivity contribution in [1.82, 2.24) is 5.32 Å². The second-order valence-electron chi connectivity index (χ2n) is 6.36. The first-order valence-electron chi connectivity index (χ1n) is 8.47. The van der Waals surface area contributed by atoms with Crippen LogP contribution in [-0.2, 0) is 4.79 Å². The van der Waals surface area contributed by atoms with Crippen LogP contribution in [0.3, 0.4) is 0 Å². The van der Waals surface area contributed by atoms with E-state index >= 15 is 0 Å². The number of para-hydroxylation sites is 2. The lowest BCUT2D eigenvalue weighted by Gasteiger charge is -2.32. The normalized spacial score (nSPS) is 25.9. The summed E-state index contributed by atoms with van der Waals surface area (Å²) < 4.78 is 11.7. The number of amides is 1. The Morgan fingerprint density at radius 3 is 2.27 bits per heavy atom. The van der Waals surface area contributed by atoms with Gasteiger partial charge in [-0.3, -0.25) is 4.79 Å². The molecule has 22 heavy (non-hydrogen) atoms. The SMILES string of the molecule is CC1Oc2ccccc2OC1C(=O)NC1CCCCCCC1. The Labute approximate surface area is 132 Å². The molecule has 120 valence electrons. The highest BCUT2D eigenvalue weighted by atomic mass is 16.6. The van der Waals surface area contributed by atoms with E-state index in [0.29, 0.717) is 11.5 Å². The van der Waals surface area contributed by atoms with Crippen LogP contribution in [0.25, 0.3) is 0 Å². The average Bonchev–Trinajstić information content (AvgIpc) is 2.49. The third kappa shape index (κ3) is 3.54. The molecule has 0 spiro atoms. The minimum absolute atomic E-state index is 0.0485. The molecule has 0 aromatic heterocycles. The number of rotatable bonds is 2. The summed E-state index contributed by atoms with van der Waals surface area (Å²) in [6, 6.07) is 7.79. The third-order valence-corrected chi connectivity index (χ3v) is 4.55. The molecule has 3 rings (SSSR count). The summed E-state index contributed by atoms with van der Waals surface area (Å²) in [5, 5.41) is 3.17. The molecule has 4 nitrogen and oxygen atoms in total. The Kier molecular flexibility index (Phi) is 4.86. The second-order valence-corrected chi connectivity index (χ2v) is 6.36. The zero-order valence-corrected chi connectivity index (χ0v) is 13.2. The fourth-order valence-electron chi connectivity index (χ4n) is 3.29. The van der Waals surface area contributed by atoms with E-state index in [1.807, 2.05) is 31.2 Å². The van der Waals surface area contributed by atoms with Crippen molar-refractivity contribution < 1.29 is 14.3 Å². The van der Waals surface area contributed by atoms with Crippen LogP contribution in [-0.4, -0.2) is 24.2 Å². The van der Waals surface area contributed by atoms with Gasteiger partial charge in [-0.2, -0.15) is 0 Å². The van der Waals surface area contributed by atoms with Crippen LogP contribution in [0.5, 0.6) is 11.5 Å². The third-order valence-electron chi connectivity index (χ3n) is 4.55. The van der Waals surface area contributed by atoms with Crippen molar-refractivity contribution in [2.24, 2.45) is 0 Å². The fourth-order valence-corrected chi connectivity index (χ4v) is 3.29. The molecule has 1 heterocycles. The van der Waals surface area contributed by atoms with E-state index in [1.165, 1.54) is 32.1 Å². The van der Waals surface area contributed by atoms with E-state index in [0.717, 1.165) is 12.8 Å². The van der Waals surface area contributed by atoms with Gasteiger partial charge in [0.25, 0.3) is 5.91 Å². The largest absolute Gasteiger partial charge is 0.482 e. The summed E-state index contributed by atoms with van der Waals surface area (Å²) in [5.41, 5.74) is 0. The van der Waals surface area contributed by atoms with E-state index in [-0.39, 0.29) is 18.1 Å². The lowest BCUT2D eigenvalue weighted by molar-refractivity contribution is -0.134. The number of ether oxygens (including phenoxy) is 2. The Morgan fingerprint density at radius 2 is 1.59 bits per heavy atom. The van der Waals surface area contributed by atoms with Gasteiger partial charge in [0.1, 0.15) is 6.10 Å². The minimum atomic E-state index is -0.569. The molecular weight excluding hydrogens is 278 g/mol. The molecule has 1 aromatic rings. The van der Waals surface area contributed by atoms with Crippen molar-refractivity contribution in [2.75, 3.05) is 0 Å². The monoisotopic (exact) mass is 303 g/mol. The first-order valence-corrected chi connectivity index (χ1v) is 8.47. The molecule has 2 atom stereocenters. The Morgan fingerprint density at radius 1 is 1.00 bits per heavy atom. The number of fused-ring (bicyclic) bond motifs is 1. The van der Waals surface area contributed by atoms with Gasteiger partial charge in [0.15, 0.2) is 11.5 Å². The molecule has 4 heteroatoms. The van der Waals surface area contributed by atoms with E-state index in [1.54, 1.807) is 0 Å². The van der Waals surface area contributed by atoms with Gasteiger partial charge in [-0.05, 0) is 31.9 Å². The predicted octanol–water partition coefficient (Wildman–Crippen LogP) is 3.44. The van der Waals surface area contributed by atoms with Gasteiger partial charge in [0, 0.05) is 6.04 Å². The van der Waals surface area contributed by atoms with E-state index in [4.69, 9.17) is 9.47 Å². The number of carbonyl (C=O) groups excluding carboxylic acids is 1. The Hall–Kier alpha value is -1.71. The maximum absolute atomic E-state index is 12.6. The summed E-state index contributed by atoms with van der Waals surface area (Å²) >= 11 is 0. The smallest absolute Gasteiger partial charge is 0.265 e. The molecule has 2 aliphatic rings. The molecule has 1 saturated carbocycles. The average molecular weight is 303 g/mol. The van der Waals surface area contributed by atoms with Gasteiger partial charge >= 0.3 is 0 Å². The number of hydrogen-bond donors (Lipinski definition) is 1. The van der Waals surface area contributed by atoms with Gasteiger partial charge in [-0.25, -0.2) is 0 Å². The molecule has 0 bridgehead atoms. The lowest BCUT2D eigenvalue weighted by Crippen LogP contribution is -2.51. The number of nitrogens with one attached hydrogen (secondary N) is 1. The quantitative estimate of drug-likeness (QED) is 0.910. The second kappa shape index (κ2) is 7.03. The molecule has 1 aliphatic heterocycles. The van der Waals surface area contributed by atoms with Crippen molar-refractivity contribution in [3.05, 3.63) is 24.3 Å². The van der Waals surface area contributed by atoms with Crippen molar-refractivity contribution in [3.63, 3.8) is 0 Å². The van der Waals surface area contributed by atoms with Crippen LogP contribution < -0.4 is 14.8 Å². The van der Waals surface area contributed by atoms with Crippen molar-refractivity contribution in [2.45, 2.75) is 70.1 Å². The first kappa shape index (κ1) is 15.2. The standard InChI is InChI=1S/C18H25NO3/c1-13-17(22-16-12-8-7-11-15(16)21-13)18(20)19-14-9-5-3-2-4-6-10-14/h7-8,11-14,17H,2-6,9-10H2,1H3,(H,19,20). The van der Waals surface area contributed by atoms with Gasteiger partial charge < -0.3 is 14.8 Å². The van der Waals surface area contributed by atoms with Crippen molar-refractivity contribution >= 4 is 5.91 Å². The molecule has 1 N–H and O–H groups in total.